The van der Waals surface area contributed by atoms with E-state index in [-0.39, 0.29) is 0 Å². The minimum atomic E-state index is 0.885. The van der Waals surface area contributed by atoms with Crippen molar-refractivity contribution in [1.82, 2.24) is 14.9 Å². The minimum absolute atomic E-state index is 0.885. The van der Waals surface area contributed by atoms with Crippen LogP contribution in [0.15, 0.2) is 47.5 Å². The molecule has 84 valence electrons. The molecule has 4 heteroatoms. The van der Waals surface area contributed by atoms with Crippen molar-refractivity contribution in [2.75, 3.05) is 6.54 Å². The van der Waals surface area contributed by atoms with Gasteiger partial charge in [-0.15, -0.1) is 0 Å². The molecule has 0 amide bonds. The van der Waals surface area contributed by atoms with Gasteiger partial charge in [-0.3, -0.25) is 0 Å². The van der Waals surface area contributed by atoms with Gasteiger partial charge in [-0.05, 0) is 11.6 Å². The standard InChI is InChI=1S/C12H14BrN3/c13-12-4-2-1-3-11(12)9-14-5-7-16-8-6-15-10-16/h1-4,6,8,10,14H,5,7,9H2. The second-order valence-corrected chi connectivity index (χ2v) is 4.42. The molecule has 0 spiro atoms. The molecule has 1 N–H and O–H groups in total. The van der Waals surface area contributed by atoms with E-state index in [0.717, 1.165) is 24.1 Å². The maximum absolute atomic E-state index is 4.00. The molecule has 0 bridgehead atoms. The zero-order valence-corrected chi connectivity index (χ0v) is 10.5. The van der Waals surface area contributed by atoms with Gasteiger partial charge in [0.2, 0.25) is 0 Å². The summed E-state index contributed by atoms with van der Waals surface area (Å²) >= 11 is 3.53. The average molecular weight is 280 g/mol. The molecule has 1 aromatic carbocycles. The highest BCUT2D eigenvalue weighted by atomic mass is 79.9. The normalized spacial score (nSPS) is 10.6. The largest absolute Gasteiger partial charge is 0.336 e. The van der Waals surface area contributed by atoms with Crippen molar-refractivity contribution in [1.29, 1.82) is 0 Å². The topological polar surface area (TPSA) is 29.9 Å². The van der Waals surface area contributed by atoms with Crippen LogP contribution in [0.1, 0.15) is 5.56 Å². The van der Waals surface area contributed by atoms with Crippen LogP contribution in [0.4, 0.5) is 0 Å². The molecule has 0 radical (unpaired) electrons. The number of imidazole rings is 1. The Morgan fingerprint density at radius 1 is 1.31 bits per heavy atom. The number of aromatic nitrogens is 2. The van der Waals surface area contributed by atoms with E-state index >= 15 is 0 Å². The van der Waals surface area contributed by atoms with E-state index in [0.29, 0.717) is 0 Å². The molecule has 1 aromatic heterocycles. The number of nitrogens with one attached hydrogen (secondary N) is 1. The van der Waals surface area contributed by atoms with E-state index in [9.17, 15) is 0 Å². The Kier molecular flexibility index (Phi) is 4.13. The van der Waals surface area contributed by atoms with Crippen molar-refractivity contribution in [2.45, 2.75) is 13.1 Å². The van der Waals surface area contributed by atoms with E-state index < -0.39 is 0 Å². The van der Waals surface area contributed by atoms with Crippen molar-refractivity contribution < 1.29 is 0 Å². The summed E-state index contributed by atoms with van der Waals surface area (Å²) in [5, 5.41) is 3.40. The van der Waals surface area contributed by atoms with E-state index in [2.05, 4.69) is 49.0 Å². The van der Waals surface area contributed by atoms with Crippen LogP contribution in [0.2, 0.25) is 0 Å². The van der Waals surface area contributed by atoms with Crippen LogP contribution in [0, 0.1) is 0 Å². The van der Waals surface area contributed by atoms with Gasteiger partial charge in [0.05, 0.1) is 6.33 Å². The zero-order valence-electron chi connectivity index (χ0n) is 8.94. The lowest BCUT2D eigenvalue weighted by Crippen LogP contribution is -2.19. The maximum Gasteiger partial charge on any atom is 0.0946 e. The molecule has 0 atom stereocenters. The number of benzene rings is 1. The van der Waals surface area contributed by atoms with E-state index in [1.54, 1.807) is 6.20 Å². The second kappa shape index (κ2) is 5.82. The first-order valence-electron chi connectivity index (χ1n) is 5.26. The number of nitrogens with zero attached hydrogens (tertiary/aromatic N) is 2. The number of hydrogen-bond acceptors (Lipinski definition) is 2. The van der Waals surface area contributed by atoms with Crippen LogP contribution in [0.3, 0.4) is 0 Å². The van der Waals surface area contributed by atoms with Crippen molar-refractivity contribution in [3.05, 3.63) is 53.0 Å². The Balaban J connectivity index is 1.74. The summed E-state index contributed by atoms with van der Waals surface area (Å²) in [6.45, 7) is 2.78. The van der Waals surface area contributed by atoms with Gasteiger partial charge in [0.15, 0.2) is 0 Å². The summed E-state index contributed by atoms with van der Waals surface area (Å²) in [6, 6.07) is 8.26. The van der Waals surface area contributed by atoms with Gasteiger partial charge >= 0.3 is 0 Å². The van der Waals surface area contributed by atoms with Crippen LogP contribution >= 0.6 is 15.9 Å². The molecular weight excluding hydrogens is 266 g/mol. The SMILES string of the molecule is Brc1ccccc1CNCCn1ccnc1. The summed E-state index contributed by atoms with van der Waals surface area (Å²) in [7, 11) is 0. The van der Waals surface area contributed by atoms with E-state index in [1.165, 1.54) is 5.56 Å². The van der Waals surface area contributed by atoms with Crippen LogP contribution in [-0.4, -0.2) is 16.1 Å². The molecule has 0 aliphatic rings. The molecule has 0 aliphatic heterocycles. The smallest absolute Gasteiger partial charge is 0.0946 e. The Hall–Kier alpha value is -1.13. The Morgan fingerprint density at radius 2 is 2.19 bits per heavy atom. The summed E-state index contributed by atoms with van der Waals surface area (Å²) in [6.07, 6.45) is 5.61. The highest BCUT2D eigenvalue weighted by molar-refractivity contribution is 9.10. The molecule has 2 aromatic rings. The number of hydrogen-bond donors (Lipinski definition) is 1. The monoisotopic (exact) mass is 279 g/mol. The van der Waals surface area contributed by atoms with Crippen LogP contribution < -0.4 is 5.32 Å². The van der Waals surface area contributed by atoms with Crippen molar-refractivity contribution in [2.24, 2.45) is 0 Å². The first kappa shape index (κ1) is 11.4. The number of rotatable bonds is 5. The van der Waals surface area contributed by atoms with Crippen LogP contribution in [0.5, 0.6) is 0 Å². The lowest BCUT2D eigenvalue weighted by atomic mass is 10.2. The third-order valence-electron chi connectivity index (χ3n) is 2.38. The summed E-state index contributed by atoms with van der Waals surface area (Å²) in [5.74, 6) is 0. The molecule has 0 unspecified atom stereocenters. The third-order valence-corrected chi connectivity index (χ3v) is 3.15. The van der Waals surface area contributed by atoms with Gasteiger partial charge in [0.1, 0.15) is 0 Å². The predicted molar refractivity (Wildman–Crippen MR) is 68.1 cm³/mol. The van der Waals surface area contributed by atoms with Gasteiger partial charge in [-0.25, -0.2) is 4.98 Å². The molecule has 0 saturated carbocycles. The molecule has 2 rings (SSSR count). The van der Waals surface area contributed by atoms with Gasteiger partial charge in [-0.1, -0.05) is 34.1 Å². The summed E-state index contributed by atoms with van der Waals surface area (Å²) in [5.41, 5.74) is 1.29. The zero-order chi connectivity index (χ0) is 11.2. The lowest BCUT2D eigenvalue weighted by molar-refractivity contribution is 0.596. The molecule has 0 aliphatic carbocycles. The molecule has 0 fully saturated rings. The van der Waals surface area contributed by atoms with Gasteiger partial charge in [0, 0.05) is 36.5 Å². The van der Waals surface area contributed by atoms with E-state index in [4.69, 9.17) is 0 Å². The highest BCUT2D eigenvalue weighted by Gasteiger charge is 1.97. The molecule has 3 nitrogen and oxygen atoms in total. The Morgan fingerprint density at radius 3 is 2.94 bits per heavy atom. The van der Waals surface area contributed by atoms with Crippen molar-refractivity contribution >= 4 is 15.9 Å². The molecular formula is C12H14BrN3. The third kappa shape index (κ3) is 3.18. The van der Waals surface area contributed by atoms with Crippen LogP contribution in [0.25, 0.3) is 0 Å². The molecule has 16 heavy (non-hydrogen) atoms. The maximum atomic E-state index is 4.00. The summed E-state index contributed by atoms with van der Waals surface area (Å²) < 4.78 is 3.22. The Bertz CT molecular complexity index is 426. The highest BCUT2D eigenvalue weighted by Crippen LogP contribution is 2.14. The van der Waals surface area contributed by atoms with Crippen molar-refractivity contribution in [3.63, 3.8) is 0 Å². The molecule has 1 heterocycles. The predicted octanol–water partition coefficient (Wildman–Crippen LogP) is 2.44. The fourth-order valence-electron chi connectivity index (χ4n) is 1.49. The lowest BCUT2D eigenvalue weighted by Gasteiger charge is -2.07. The van der Waals surface area contributed by atoms with Gasteiger partial charge < -0.3 is 9.88 Å². The van der Waals surface area contributed by atoms with Crippen molar-refractivity contribution in [3.8, 4) is 0 Å². The van der Waals surface area contributed by atoms with Crippen LogP contribution in [-0.2, 0) is 13.1 Å². The fourth-order valence-corrected chi connectivity index (χ4v) is 1.92. The fraction of sp³-hybridized carbons (Fsp3) is 0.250. The first-order valence-corrected chi connectivity index (χ1v) is 6.05. The van der Waals surface area contributed by atoms with Gasteiger partial charge in [-0.2, -0.15) is 0 Å². The second-order valence-electron chi connectivity index (χ2n) is 3.57. The summed E-state index contributed by atoms with van der Waals surface area (Å²) in [4.78, 5) is 4.00. The minimum Gasteiger partial charge on any atom is -0.336 e. The quantitative estimate of drug-likeness (QED) is 0.852. The molecule has 0 saturated heterocycles. The Labute approximate surface area is 104 Å². The van der Waals surface area contributed by atoms with Gasteiger partial charge in [0.25, 0.3) is 0 Å². The van der Waals surface area contributed by atoms with E-state index in [1.807, 2.05) is 18.6 Å². The number of halogens is 1. The first-order chi connectivity index (χ1) is 7.86. The average Bonchev–Trinajstić information content (AvgIpc) is 2.79.